The van der Waals surface area contributed by atoms with Crippen LogP contribution in [0.4, 0.5) is 0 Å². The molecule has 0 N–H and O–H groups in total. The van der Waals surface area contributed by atoms with Gasteiger partial charge in [0.2, 0.25) is 0 Å². The molecule has 2 heterocycles. The van der Waals surface area contributed by atoms with Crippen LogP contribution in [0.25, 0.3) is 0 Å². The van der Waals surface area contributed by atoms with Gasteiger partial charge in [-0.05, 0) is 31.2 Å². The van der Waals surface area contributed by atoms with E-state index in [2.05, 4.69) is 40.2 Å². The Balaban J connectivity index is 1.41. The fourth-order valence-corrected chi connectivity index (χ4v) is 2.65. The summed E-state index contributed by atoms with van der Waals surface area (Å²) in [5.41, 5.74) is 2.91. The van der Waals surface area contributed by atoms with E-state index in [-0.39, 0.29) is 0 Å². The average molecular weight is 228 g/mol. The van der Waals surface area contributed by atoms with Gasteiger partial charge in [0.05, 0.1) is 0 Å². The van der Waals surface area contributed by atoms with E-state index in [0.717, 1.165) is 19.1 Å². The highest BCUT2D eigenvalue weighted by Crippen LogP contribution is 2.26. The SMILES string of the molecule is c1ccc(CN2CC2CCC2=NCCC2)cc1. The third-order valence-electron chi connectivity index (χ3n) is 3.78. The highest BCUT2D eigenvalue weighted by atomic mass is 15.3. The average Bonchev–Trinajstić information content (AvgIpc) is 2.90. The second-order valence-electron chi connectivity index (χ2n) is 5.16. The summed E-state index contributed by atoms with van der Waals surface area (Å²) in [4.78, 5) is 7.10. The fourth-order valence-electron chi connectivity index (χ4n) is 2.65. The van der Waals surface area contributed by atoms with Crippen LogP contribution in [0, 0.1) is 0 Å². The predicted octanol–water partition coefficient (Wildman–Crippen LogP) is 2.89. The molecular formula is C15H20N2. The summed E-state index contributed by atoms with van der Waals surface area (Å²) in [5, 5.41) is 0. The van der Waals surface area contributed by atoms with Crippen LogP contribution >= 0.6 is 0 Å². The van der Waals surface area contributed by atoms with Gasteiger partial charge in [-0.25, -0.2) is 0 Å². The predicted molar refractivity (Wildman–Crippen MR) is 71.4 cm³/mol. The second-order valence-corrected chi connectivity index (χ2v) is 5.16. The van der Waals surface area contributed by atoms with E-state index in [4.69, 9.17) is 0 Å². The Morgan fingerprint density at radius 1 is 1.24 bits per heavy atom. The van der Waals surface area contributed by atoms with Crippen LogP contribution in [0.3, 0.4) is 0 Å². The Morgan fingerprint density at radius 2 is 2.12 bits per heavy atom. The van der Waals surface area contributed by atoms with Crippen LogP contribution in [0.1, 0.15) is 31.2 Å². The number of nitrogens with zero attached hydrogens (tertiary/aromatic N) is 2. The minimum Gasteiger partial charge on any atom is -0.294 e. The topological polar surface area (TPSA) is 15.4 Å². The van der Waals surface area contributed by atoms with E-state index in [0.29, 0.717) is 0 Å². The zero-order chi connectivity index (χ0) is 11.5. The molecule has 0 bridgehead atoms. The van der Waals surface area contributed by atoms with Gasteiger partial charge >= 0.3 is 0 Å². The van der Waals surface area contributed by atoms with Crippen LogP contribution in [0.5, 0.6) is 0 Å². The van der Waals surface area contributed by atoms with Crippen molar-refractivity contribution in [2.24, 2.45) is 4.99 Å². The Morgan fingerprint density at radius 3 is 2.88 bits per heavy atom. The van der Waals surface area contributed by atoms with E-state index in [1.54, 1.807) is 0 Å². The smallest absolute Gasteiger partial charge is 0.0392 e. The largest absolute Gasteiger partial charge is 0.294 e. The molecule has 2 aliphatic rings. The van der Waals surface area contributed by atoms with E-state index >= 15 is 0 Å². The molecule has 3 rings (SSSR count). The summed E-state index contributed by atoms with van der Waals surface area (Å²) < 4.78 is 0. The normalized spacial score (nSPS) is 26.9. The summed E-state index contributed by atoms with van der Waals surface area (Å²) in [6, 6.07) is 11.6. The van der Waals surface area contributed by atoms with Crippen molar-refractivity contribution in [3.8, 4) is 0 Å². The minimum atomic E-state index is 0.818. The number of hydrogen-bond acceptors (Lipinski definition) is 2. The van der Waals surface area contributed by atoms with Crippen molar-refractivity contribution in [2.45, 2.75) is 38.3 Å². The Bertz CT molecular complexity index is 397. The summed E-state index contributed by atoms with van der Waals surface area (Å²) >= 11 is 0. The molecule has 90 valence electrons. The molecule has 2 atom stereocenters. The number of aliphatic imine (C=N–C) groups is 1. The van der Waals surface area contributed by atoms with Crippen LogP contribution in [-0.4, -0.2) is 29.7 Å². The van der Waals surface area contributed by atoms with Crippen LogP contribution in [0.15, 0.2) is 35.3 Å². The van der Waals surface area contributed by atoms with Gasteiger partial charge in [-0.3, -0.25) is 9.89 Å². The fraction of sp³-hybridized carbons (Fsp3) is 0.533. The molecule has 1 saturated heterocycles. The Kier molecular flexibility index (Phi) is 3.23. The van der Waals surface area contributed by atoms with Crippen molar-refractivity contribution in [2.75, 3.05) is 13.1 Å². The number of hydrogen-bond donors (Lipinski definition) is 0. The highest BCUT2D eigenvalue weighted by Gasteiger charge is 2.33. The van der Waals surface area contributed by atoms with E-state index < -0.39 is 0 Å². The lowest BCUT2D eigenvalue weighted by atomic mass is 10.1. The summed E-state index contributed by atoms with van der Waals surface area (Å²) in [6.45, 7) is 3.48. The van der Waals surface area contributed by atoms with E-state index in [1.165, 1.54) is 43.5 Å². The van der Waals surface area contributed by atoms with Crippen molar-refractivity contribution in [1.29, 1.82) is 0 Å². The molecule has 2 aliphatic heterocycles. The van der Waals surface area contributed by atoms with Gasteiger partial charge in [0, 0.05) is 31.4 Å². The molecule has 0 aromatic heterocycles. The monoisotopic (exact) mass is 228 g/mol. The lowest BCUT2D eigenvalue weighted by molar-refractivity contribution is 0.490. The molecule has 0 saturated carbocycles. The molecule has 0 amide bonds. The first-order chi connectivity index (χ1) is 8.42. The minimum absolute atomic E-state index is 0.818. The first-order valence-corrected chi connectivity index (χ1v) is 6.72. The molecule has 1 fully saturated rings. The Hall–Kier alpha value is -1.15. The van der Waals surface area contributed by atoms with Crippen molar-refractivity contribution in [3.05, 3.63) is 35.9 Å². The number of benzene rings is 1. The Labute approximate surface area is 103 Å². The summed E-state index contributed by atoms with van der Waals surface area (Å²) in [7, 11) is 0. The highest BCUT2D eigenvalue weighted by molar-refractivity contribution is 5.85. The lowest BCUT2D eigenvalue weighted by Gasteiger charge is -2.04. The number of rotatable bonds is 5. The first kappa shape index (κ1) is 11.0. The van der Waals surface area contributed by atoms with E-state index in [9.17, 15) is 0 Å². The van der Waals surface area contributed by atoms with Crippen LogP contribution < -0.4 is 0 Å². The second kappa shape index (κ2) is 5.01. The van der Waals surface area contributed by atoms with Crippen molar-refractivity contribution in [1.82, 2.24) is 4.90 Å². The quantitative estimate of drug-likeness (QED) is 0.707. The molecule has 2 unspecified atom stereocenters. The van der Waals surface area contributed by atoms with Gasteiger partial charge < -0.3 is 0 Å². The maximum Gasteiger partial charge on any atom is 0.0392 e. The van der Waals surface area contributed by atoms with Crippen molar-refractivity contribution >= 4 is 5.71 Å². The van der Waals surface area contributed by atoms with Crippen LogP contribution in [-0.2, 0) is 6.54 Å². The molecule has 2 heteroatoms. The molecule has 0 aliphatic carbocycles. The summed E-state index contributed by atoms with van der Waals surface area (Å²) in [6.07, 6.45) is 5.08. The molecular weight excluding hydrogens is 208 g/mol. The molecule has 1 aromatic rings. The van der Waals surface area contributed by atoms with Gasteiger partial charge in [-0.1, -0.05) is 30.3 Å². The van der Waals surface area contributed by atoms with Gasteiger partial charge in [0.25, 0.3) is 0 Å². The molecule has 1 aromatic carbocycles. The third kappa shape index (κ3) is 2.95. The maximum atomic E-state index is 4.54. The maximum absolute atomic E-state index is 4.54. The van der Waals surface area contributed by atoms with Gasteiger partial charge in [0.1, 0.15) is 0 Å². The molecule has 2 nitrogen and oxygen atoms in total. The van der Waals surface area contributed by atoms with Crippen LogP contribution in [0.2, 0.25) is 0 Å². The zero-order valence-corrected chi connectivity index (χ0v) is 10.3. The van der Waals surface area contributed by atoms with Gasteiger partial charge in [-0.15, -0.1) is 0 Å². The summed E-state index contributed by atoms with van der Waals surface area (Å²) in [5.74, 6) is 0. The van der Waals surface area contributed by atoms with Gasteiger partial charge in [0.15, 0.2) is 0 Å². The molecule has 17 heavy (non-hydrogen) atoms. The van der Waals surface area contributed by atoms with Crippen molar-refractivity contribution in [3.63, 3.8) is 0 Å². The lowest BCUT2D eigenvalue weighted by Crippen LogP contribution is -2.04. The molecule has 0 radical (unpaired) electrons. The zero-order valence-electron chi connectivity index (χ0n) is 10.3. The first-order valence-electron chi connectivity index (χ1n) is 6.72. The van der Waals surface area contributed by atoms with Gasteiger partial charge in [-0.2, -0.15) is 0 Å². The molecule has 0 spiro atoms. The standard InChI is InChI=1S/C15H20N2/c1-2-5-13(6-3-1)11-17-12-15(17)9-8-14-7-4-10-16-14/h1-3,5-6,15H,4,7-12H2. The third-order valence-corrected chi connectivity index (χ3v) is 3.78. The van der Waals surface area contributed by atoms with E-state index in [1.807, 2.05) is 0 Å². The van der Waals surface area contributed by atoms with Crippen molar-refractivity contribution < 1.29 is 0 Å².